The zero-order chi connectivity index (χ0) is 25.6. The van der Waals surface area contributed by atoms with E-state index in [9.17, 15) is 14.0 Å². The van der Waals surface area contributed by atoms with E-state index in [0.29, 0.717) is 38.3 Å². The lowest BCUT2D eigenvalue weighted by atomic mass is 9.87. The summed E-state index contributed by atoms with van der Waals surface area (Å²) in [6.07, 6.45) is 6.65. The molecular weight excluding hydrogens is 469 g/mol. The number of piperidine rings is 1. The van der Waals surface area contributed by atoms with Crippen LogP contribution in [0.5, 0.6) is 0 Å². The molecule has 8 heteroatoms. The Hall–Kier alpha value is -4.04. The van der Waals surface area contributed by atoms with Gasteiger partial charge in [-0.2, -0.15) is 0 Å². The van der Waals surface area contributed by atoms with Gasteiger partial charge in [0.2, 0.25) is 11.8 Å². The number of para-hydroxylation sites is 1. The molecule has 0 saturated carbocycles. The largest absolute Gasteiger partial charge is 0.361 e. The molecule has 190 valence electrons. The first kappa shape index (κ1) is 24.6. The number of anilines is 1. The van der Waals surface area contributed by atoms with Crippen molar-refractivity contribution in [2.24, 2.45) is 11.8 Å². The van der Waals surface area contributed by atoms with Crippen LogP contribution in [0.1, 0.15) is 17.5 Å². The number of hydrogen-bond donors (Lipinski definition) is 3. The van der Waals surface area contributed by atoms with Crippen LogP contribution in [0.2, 0.25) is 0 Å². The van der Waals surface area contributed by atoms with E-state index in [-0.39, 0.29) is 29.5 Å². The number of nitrogens with zero attached hydrogens (tertiary/aromatic N) is 2. The van der Waals surface area contributed by atoms with Crippen molar-refractivity contribution in [3.05, 3.63) is 96.2 Å². The minimum absolute atomic E-state index is 0.0427. The first-order valence-electron chi connectivity index (χ1n) is 12.6. The number of rotatable bonds is 8. The molecule has 7 nitrogen and oxygen atoms in total. The summed E-state index contributed by atoms with van der Waals surface area (Å²) in [4.78, 5) is 35.9. The van der Waals surface area contributed by atoms with Crippen molar-refractivity contribution in [1.82, 2.24) is 20.2 Å². The number of amides is 2. The number of aromatic nitrogens is 2. The summed E-state index contributed by atoms with van der Waals surface area (Å²) in [5.41, 5.74) is 3.86. The van der Waals surface area contributed by atoms with Gasteiger partial charge in [-0.1, -0.05) is 18.2 Å². The van der Waals surface area contributed by atoms with Crippen LogP contribution in [0, 0.1) is 17.7 Å². The number of halogens is 1. The lowest BCUT2D eigenvalue weighted by Gasteiger charge is -2.36. The molecule has 0 bridgehead atoms. The van der Waals surface area contributed by atoms with Crippen molar-refractivity contribution in [2.75, 3.05) is 25.0 Å². The van der Waals surface area contributed by atoms with Crippen LogP contribution < -0.4 is 10.6 Å². The van der Waals surface area contributed by atoms with Crippen LogP contribution in [0.3, 0.4) is 0 Å². The first-order chi connectivity index (χ1) is 18.0. The number of carbonyl (C=O) groups is 2. The number of fused-ring (bicyclic) bond motifs is 1. The van der Waals surface area contributed by atoms with Gasteiger partial charge >= 0.3 is 0 Å². The third-order valence-electron chi connectivity index (χ3n) is 6.90. The number of carbonyl (C=O) groups excluding carboxylic acids is 2. The van der Waals surface area contributed by atoms with Crippen molar-refractivity contribution in [1.29, 1.82) is 0 Å². The Labute approximate surface area is 215 Å². The molecule has 0 aliphatic carbocycles. The summed E-state index contributed by atoms with van der Waals surface area (Å²) in [6.45, 7) is 2.26. The van der Waals surface area contributed by atoms with Gasteiger partial charge in [-0.25, -0.2) is 4.39 Å². The molecule has 2 atom stereocenters. The predicted molar refractivity (Wildman–Crippen MR) is 141 cm³/mol. The van der Waals surface area contributed by atoms with Gasteiger partial charge in [0.1, 0.15) is 5.82 Å². The van der Waals surface area contributed by atoms with Crippen LogP contribution in [0.15, 0.2) is 79.3 Å². The van der Waals surface area contributed by atoms with E-state index in [0.717, 1.165) is 28.5 Å². The lowest BCUT2D eigenvalue weighted by molar-refractivity contribution is -0.130. The standard InChI is InChI=1S/C29H30FN5O2/c30-24-5-7-25(8-6-24)34-29(37)23-15-22(18-35(19-23)17-20-9-12-31-13-10-20)28(36)32-14-11-21-16-33-27-4-2-1-3-26(21)27/h1-10,12-13,16,22-23,33H,11,14-15,17-19H2,(H,32,36)(H,34,37)/t22-,23+/m0/s1. The number of aromatic amines is 1. The molecule has 5 rings (SSSR count). The highest BCUT2D eigenvalue weighted by atomic mass is 19.1. The molecule has 3 heterocycles. The first-order valence-corrected chi connectivity index (χ1v) is 12.6. The van der Waals surface area contributed by atoms with E-state index in [1.54, 1.807) is 24.5 Å². The highest BCUT2D eigenvalue weighted by Gasteiger charge is 2.35. The zero-order valence-electron chi connectivity index (χ0n) is 20.5. The molecule has 1 fully saturated rings. The zero-order valence-corrected chi connectivity index (χ0v) is 20.5. The normalized spacial score (nSPS) is 18.0. The molecule has 1 saturated heterocycles. The van der Waals surface area contributed by atoms with Crippen molar-refractivity contribution in [3.63, 3.8) is 0 Å². The maximum atomic E-state index is 13.3. The Morgan fingerprint density at radius 1 is 0.973 bits per heavy atom. The molecule has 37 heavy (non-hydrogen) atoms. The van der Waals surface area contributed by atoms with E-state index >= 15 is 0 Å². The summed E-state index contributed by atoms with van der Waals surface area (Å²) in [5.74, 6) is -1.25. The summed E-state index contributed by atoms with van der Waals surface area (Å²) < 4.78 is 13.3. The molecule has 0 unspecified atom stereocenters. The molecule has 0 radical (unpaired) electrons. The molecule has 2 aromatic heterocycles. The van der Waals surface area contributed by atoms with Crippen molar-refractivity contribution < 1.29 is 14.0 Å². The Bertz CT molecular complexity index is 1360. The van der Waals surface area contributed by atoms with E-state index in [1.165, 1.54) is 12.1 Å². The number of hydrogen-bond acceptors (Lipinski definition) is 4. The summed E-state index contributed by atoms with van der Waals surface area (Å²) >= 11 is 0. The number of nitrogens with one attached hydrogen (secondary N) is 3. The number of likely N-dealkylation sites (tertiary alicyclic amines) is 1. The van der Waals surface area contributed by atoms with Crippen LogP contribution >= 0.6 is 0 Å². The highest BCUT2D eigenvalue weighted by molar-refractivity contribution is 5.93. The van der Waals surface area contributed by atoms with Gasteiger partial charge < -0.3 is 15.6 Å². The maximum Gasteiger partial charge on any atom is 0.228 e. The molecule has 1 aliphatic rings. The van der Waals surface area contributed by atoms with Gasteiger partial charge in [-0.3, -0.25) is 19.5 Å². The van der Waals surface area contributed by atoms with Gasteiger partial charge in [0.05, 0.1) is 11.8 Å². The Kier molecular flexibility index (Phi) is 7.56. The smallest absolute Gasteiger partial charge is 0.228 e. The quantitative estimate of drug-likeness (QED) is 0.340. The lowest BCUT2D eigenvalue weighted by Crippen LogP contribution is -2.49. The van der Waals surface area contributed by atoms with Crippen LogP contribution in [-0.2, 0) is 22.6 Å². The second kappa shape index (κ2) is 11.3. The van der Waals surface area contributed by atoms with E-state index in [2.05, 4.69) is 31.6 Å². The van der Waals surface area contributed by atoms with Gasteiger partial charge in [0.25, 0.3) is 0 Å². The van der Waals surface area contributed by atoms with Crippen molar-refractivity contribution in [2.45, 2.75) is 19.4 Å². The molecule has 3 N–H and O–H groups in total. The summed E-state index contributed by atoms with van der Waals surface area (Å²) in [5, 5.41) is 7.14. The van der Waals surface area contributed by atoms with Gasteiger partial charge in [-0.15, -0.1) is 0 Å². The van der Waals surface area contributed by atoms with Crippen molar-refractivity contribution in [3.8, 4) is 0 Å². The van der Waals surface area contributed by atoms with Crippen molar-refractivity contribution >= 4 is 28.4 Å². The third-order valence-corrected chi connectivity index (χ3v) is 6.90. The minimum atomic E-state index is -0.370. The second-order valence-corrected chi connectivity index (χ2v) is 9.58. The topological polar surface area (TPSA) is 90.1 Å². The number of benzene rings is 2. The molecule has 4 aromatic rings. The average Bonchev–Trinajstić information content (AvgIpc) is 3.33. The van der Waals surface area contributed by atoms with Crippen LogP contribution in [0.4, 0.5) is 10.1 Å². The Morgan fingerprint density at radius 3 is 2.49 bits per heavy atom. The van der Waals surface area contributed by atoms with Crippen LogP contribution in [0.25, 0.3) is 10.9 Å². The highest BCUT2D eigenvalue weighted by Crippen LogP contribution is 2.25. The number of pyridine rings is 1. The van der Waals surface area contributed by atoms with Gasteiger partial charge in [0.15, 0.2) is 0 Å². The predicted octanol–water partition coefficient (Wildman–Crippen LogP) is 4.14. The fourth-order valence-corrected chi connectivity index (χ4v) is 5.03. The molecule has 1 aliphatic heterocycles. The number of H-pyrrole nitrogens is 1. The van der Waals surface area contributed by atoms with E-state index in [1.807, 2.05) is 36.5 Å². The van der Waals surface area contributed by atoms with Gasteiger partial charge in [0, 0.05) is 61.4 Å². The van der Waals surface area contributed by atoms with Gasteiger partial charge in [-0.05, 0) is 66.4 Å². The molecule has 2 aromatic carbocycles. The fraction of sp³-hybridized carbons (Fsp3) is 0.276. The Balaban J connectivity index is 1.24. The molecule has 0 spiro atoms. The van der Waals surface area contributed by atoms with E-state index in [4.69, 9.17) is 0 Å². The third kappa shape index (κ3) is 6.21. The summed E-state index contributed by atoms with van der Waals surface area (Å²) in [7, 11) is 0. The van der Waals surface area contributed by atoms with Crippen LogP contribution in [-0.4, -0.2) is 46.3 Å². The maximum absolute atomic E-state index is 13.3. The second-order valence-electron chi connectivity index (χ2n) is 9.58. The monoisotopic (exact) mass is 499 g/mol. The molecule has 2 amide bonds. The minimum Gasteiger partial charge on any atom is -0.361 e. The summed E-state index contributed by atoms with van der Waals surface area (Å²) in [6, 6.07) is 17.7. The Morgan fingerprint density at radius 2 is 1.70 bits per heavy atom. The average molecular weight is 500 g/mol. The molecular formula is C29H30FN5O2. The fourth-order valence-electron chi connectivity index (χ4n) is 5.03. The SMILES string of the molecule is O=C(NCCc1c[nH]c2ccccc12)[C@H]1C[C@@H](C(=O)Nc2ccc(F)cc2)CN(Cc2ccncc2)C1. The van der Waals surface area contributed by atoms with E-state index < -0.39 is 0 Å².